The molecule has 0 saturated carbocycles. The number of hydrogen-bond acceptors (Lipinski definition) is 7. The Hall–Kier alpha value is -2.57. The number of piperazine rings is 1. The summed E-state index contributed by atoms with van der Waals surface area (Å²) in [4.78, 5) is 30.4. The summed E-state index contributed by atoms with van der Waals surface area (Å²) in [6.45, 7) is 7.11. The van der Waals surface area contributed by atoms with Crippen molar-refractivity contribution in [3.8, 4) is 0 Å². The minimum Gasteiger partial charge on any atom is -0.477 e. The van der Waals surface area contributed by atoms with Crippen LogP contribution in [-0.4, -0.2) is 65.0 Å². The number of pyridine rings is 2. The van der Waals surface area contributed by atoms with E-state index in [9.17, 15) is 27.5 Å². The van der Waals surface area contributed by atoms with Crippen molar-refractivity contribution in [1.82, 2.24) is 14.9 Å². The van der Waals surface area contributed by atoms with Gasteiger partial charge in [0.15, 0.2) is 11.6 Å². The van der Waals surface area contributed by atoms with Gasteiger partial charge in [0, 0.05) is 36.9 Å². The maximum Gasteiger partial charge on any atom is 0.341 e. The Kier molecular flexibility index (Phi) is 5.84. The molecular formula is C19H25FN4O6S. The Morgan fingerprint density at radius 1 is 1.35 bits per heavy atom. The molecule has 2 aliphatic rings. The van der Waals surface area contributed by atoms with Crippen molar-refractivity contribution in [3.63, 3.8) is 0 Å². The number of rotatable bonds is 2. The van der Waals surface area contributed by atoms with Crippen LogP contribution in [0.4, 0.5) is 10.2 Å². The summed E-state index contributed by atoms with van der Waals surface area (Å²) in [5.74, 6) is -1.69. The fraction of sp³-hybridized carbons (Fsp3) is 0.526. The Balaban J connectivity index is 0.000000491. The number of nitrogens with zero attached hydrogens (tertiary/aromatic N) is 3. The first-order valence-corrected chi connectivity index (χ1v) is 11.4. The highest BCUT2D eigenvalue weighted by Crippen LogP contribution is 2.32. The molecule has 2 atom stereocenters. The Labute approximate surface area is 178 Å². The monoisotopic (exact) mass is 456 g/mol. The molecule has 2 fully saturated rings. The van der Waals surface area contributed by atoms with E-state index in [2.05, 4.69) is 10.3 Å². The maximum absolute atomic E-state index is 14.8. The molecule has 2 saturated heterocycles. The molecule has 0 aliphatic carbocycles. The molecule has 170 valence electrons. The van der Waals surface area contributed by atoms with Gasteiger partial charge in [0.1, 0.15) is 11.2 Å². The van der Waals surface area contributed by atoms with E-state index in [1.165, 1.54) is 6.20 Å². The van der Waals surface area contributed by atoms with E-state index in [4.69, 9.17) is 4.55 Å². The van der Waals surface area contributed by atoms with Gasteiger partial charge in [-0.05, 0) is 33.3 Å². The molecule has 2 aromatic rings. The van der Waals surface area contributed by atoms with E-state index < -0.39 is 32.9 Å². The summed E-state index contributed by atoms with van der Waals surface area (Å²) in [6.07, 6.45) is 2.97. The molecule has 0 radical (unpaired) electrons. The molecule has 3 N–H and O–H groups in total. The van der Waals surface area contributed by atoms with Gasteiger partial charge in [0.2, 0.25) is 5.43 Å². The lowest BCUT2D eigenvalue weighted by Gasteiger charge is -2.30. The lowest BCUT2D eigenvalue weighted by Crippen LogP contribution is -2.44. The van der Waals surface area contributed by atoms with Crippen LogP contribution in [0.15, 0.2) is 17.1 Å². The number of nitrogens with one attached hydrogen (secondary N) is 1. The van der Waals surface area contributed by atoms with E-state index in [0.717, 1.165) is 19.0 Å². The maximum atomic E-state index is 14.8. The van der Waals surface area contributed by atoms with E-state index in [0.29, 0.717) is 24.5 Å². The molecule has 2 bridgehead atoms. The predicted molar refractivity (Wildman–Crippen MR) is 113 cm³/mol. The Morgan fingerprint density at radius 2 is 1.97 bits per heavy atom. The molecule has 0 amide bonds. The first-order chi connectivity index (χ1) is 14.2. The third kappa shape index (κ3) is 4.86. The van der Waals surface area contributed by atoms with Crippen LogP contribution in [0.2, 0.25) is 0 Å². The first-order valence-electron chi connectivity index (χ1n) is 9.59. The minimum atomic E-state index is -3.67. The predicted octanol–water partition coefficient (Wildman–Crippen LogP) is 1.04. The van der Waals surface area contributed by atoms with Gasteiger partial charge in [-0.25, -0.2) is 14.2 Å². The van der Waals surface area contributed by atoms with Crippen LogP contribution in [0.25, 0.3) is 11.0 Å². The van der Waals surface area contributed by atoms with Crippen molar-refractivity contribution >= 4 is 32.9 Å². The second kappa shape index (κ2) is 7.84. The molecule has 1 unspecified atom stereocenters. The summed E-state index contributed by atoms with van der Waals surface area (Å²) in [7, 11) is -3.67. The second-order valence-corrected chi connectivity index (χ2v) is 10.2. The molecule has 0 spiro atoms. The van der Waals surface area contributed by atoms with Crippen LogP contribution in [-0.2, 0) is 15.7 Å². The van der Waals surface area contributed by atoms with Gasteiger partial charge >= 0.3 is 5.97 Å². The van der Waals surface area contributed by atoms with Crippen LogP contribution in [0, 0.1) is 5.82 Å². The summed E-state index contributed by atoms with van der Waals surface area (Å²) < 4.78 is 42.3. The molecule has 0 aromatic carbocycles. The number of carbonyl (C=O) groups is 1. The van der Waals surface area contributed by atoms with Gasteiger partial charge in [-0.1, -0.05) is 0 Å². The van der Waals surface area contributed by atoms with Gasteiger partial charge in [0.25, 0.3) is 10.1 Å². The average Bonchev–Trinajstić information content (AvgIpc) is 3.22. The lowest BCUT2D eigenvalue weighted by molar-refractivity contribution is 0.0694. The van der Waals surface area contributed by atoms with Gasteiger partial charge < -0.3 is 19.9 Å². The number of carboxylic acids is 1. The molecule has 31 heavy (non-hydrogen) atoms. The topological polar surface area (TPSA) is 142 Å². The second-order valence-electron chi connectivity index (χ2n) is 8.76. The zero-order valence-electron chi connectivity index (χ0n) is 17.6. The Bertz CT molecular complexity index is 1200. The minimum absolute atomic E-state index is 0.0106. The number of fused-ring (bicyclic) bond motifs is 3. The van der Waals surface area contributed by atoms with Gasteiger partial charge in [0.05, 0.1) is 11.6 Å². The zero-order chi connectivity index (χ0) is 23.3. The van der Waals surface area contributed by atoms with Crippen molar-refractivity contribution in [3.05, 3.63) is 33.9 Å². The molecule has 2 aromatic heterocycles. The van der Waals surface area contributed by atoms with Crippen molar-refractivity contribution in [1.29, 1.82) is 0 Å². The third-order valence-electron chi connectivity index (χ3n) is 5.19. The third-order valence-corrected chi connectivity index (χ3v) is 5.19. The fourth-order valence-electron chi connectivity index (χ4n) is 3.90. The molecule has 4 rings (SSSR count). The molecule has 4 heterocycles. The van der Waals surface area contributed by atoms with Crippen LogP contribution in [0.5, 0.6) is 0 Å². The molecule has 12 heteroatoms. The number of carboxylic acid groups (broad SMARTS) is 1. The number of aromatic carboxylic acids is 1. The van der Waals surface area contributed by atoms with E-state index in [1.807, 2.05) is 25.7 Å². The van der Waals surface area contributed by atoms with Crippen molar-refractivity contribution < 1.29 is 27.3 Å². The fourth-order valence-corrected chi connectivity index (χ4v) is 3.90. The summed E-state index contributed by atoms with van der Waals surface area (Å²) in [6, 6.07) is 1.65. The van der Waals surface area contributed by atoms with Crippen LogP contribution in [0.3, 0.4) is 0 Å². The SMILES string of the molecule is CC(C)(C)n1cc(C(=O)O)c(=O)c2cc(F)c(N3CC4C[C@H]3CN4)nc21.CS(=O)(=O)O. The highest BCUT2D eigenvalue weighted by atomic mass is 32.2. The van der Waals surface area contributed by atoms with Crippen LogP contribution in [0.1, 0.15) is 37.6 Å². The first kappa shape index (κ1) is 23.1. The summed E-state index contributed by atoms with van der Waals surface area (Å²) in [5, 5.41) is 12.7. The number of halogens is 1. The summed E-state index contributed by atoms with van der Waals surface area (Å²) in [5.41, 5.74) is -1.31. The smallest absolute Gasteiger partial charge is 0.341 e. The van der Waals surface area contributed by atoms with Crippen LogP contribution < -0.4 is 15.6 Å². The largest absolute Gasteiger partial charge is 0.477 e. The standard InChI is InChI=1S/C18H21FN4O3.CH4O3S/c1-18(2,3)23-8-12(17(25)26)14(24)11-5-13(19)16(21-15(11)23)22-7-9-4-10(22)6-20-9;1-5(2,3)4/h5,8-10,20H,4,6-7H2,1-3H3,(H,25,26);1H3,(H,2,3,4)/t9?,10-;/m0./s1. The van der Waals surface area contributed by atoms with Crippen molar-refractivity contribution in [2.24, 2.45) is 0 Å². The Morgan fingerprint density at radius 3 is 2.42 bits per heavy atom. The van der Waals surface area contributed by atoms with E-state index in [-0.39, 0.29) is 22.8 Å². The van der Waals surface area contributed by atoms with Crippen LogP contribution >= 0.6 is 0 Å². The summed E-state index contributed by atoms with van der Waals surface area (Å²) >= 11 is 0. The lowest BCUT2D eigenvalue weighted by atomic mass is 10.1. The molecule has 10 nitrogen and oxygen atoms in total. The van der Waals surface area contributed by atoms with E-state index in [1.54, 1.807) is 4.57 Å². The van der Waals surface area contributed by atoms with Crippen molar-refractivity contribution in [2.75, 3.05) is 24.2 Å². The number of anilines is 1. The average molecular weight is 456 g/mol. The number of aromatic nitrogens is 2. The van der Waals surface area contributed by atoms with E-state index >= 15 is 0 Å². The highest BCUT2D eigenvalue weighted by Gasteiger charge is 2.39. The molecule has 2 aliphatic heterocycles. The normalized spacial score (nSPS) is 20.6. The van der Waals surface area contributed by atoms with Gasteiger partial charge in [-0.2, -0.15) is 8.42 Å². The van der Waals surface area contributed by atoms with Gasteiger partial charge in [-0.15, -0.1) is 0 Å². The quantitative estimate of drug-likeness (QED) is 0.565. The van der Waals surface area contributed by atoms with Crippen molar-refractivity contribution in [2.45, 2.75) is 44.8 Å². The zero-order valence-corrected chi connectivity index (χ0v) is 18.4. The van der Waals surface area contributed by atoms with Gasteiger partial charge in [-0.3, -0.25) is 9.35 Å². The number of hydrogen-bond donors (Lipinski definition) is 3. The highest BCUT2D eigenvalue weighted by molar-refractivity contribution is 7.85. The molecular weight excluding hydrogens is 431 g/mol.